The molecule has 0 atom stereocenters. The topological polar surface area (TPSA) is 71.2 Å². The molecule has 0 spiro atoms. The van der Waals surface area contributed by atoms with Crippen LogP contribution in [0.1, 0.15) is 5.69 Å². The predicted molar refractivity (Wildman–Crippen MR) is 46.2 cm³/mol. The van der Waals surface area contributed by atoms with Crippen LogP contribution in [0.3, 0.4) is 0 Å². The van der Waals surface area contributed by atoms with Crippen LogP contribution in [0.2, 0.25) is 0 Å². The zero-order chi connectivity index (χ0) is 9.42. The fourth-order valence-corrected chi connectivity index (χ4v) is 1.68. The van der Waals surface area contributed by atoms with E-state index in [0.29, 0.717) is 24.2 Å². The van der Waals surface area contributed by atoms with Crippen molar-refractivity contribution in [2.75, 3.05) is 6.54 Å². The van der Waals surface area contributed by atoms with E-state index in [9.17, 15) is 4.79 Å². The molecule has 13 heavy (non-hydrogen) atoms. The van der Waals surface area contributed by atoms with E-state index < -0.39 is 6.09 Å². The van der Waals surface area contributed by atoms with Crippen LogP contribution >= 0.6 is 15.9 Å². The van der Waals surface area contributed by atoms with Crippen molar-refractivity contribution in [1.82, 2.24) is 19.9 Å². The number of amides is 1. The molecule has 0 saturated heterocycles. The summed E-state index contributed by atoms with van der Waals surface area (Å²) in [6, 6.07) is 0. The Morgan fingerprint density at radius 2 is 2.31 bits per heavy atom. The highest BCUT2D eigenvalue weighted by molar-refractivity contribution is 9.10. The minimum atomic E-state index is -0.903. The lowest BCUT2D eigenvalue weighted by Crippen LogP contribution is -2.37. The monoisotopic (exact) mass is 246 g/mol. The maximum atomic E-state index is 10.7. The van der Waals surface area contributed by atoms with Crippen LogP contribution in [-0.2, 0) is 13.1 Å². The molecule has 70 valence electrons. The molecular formula is C6H7BrN4O2. The first kappa shape index (κ1) is 8.49. The van der Waals surface area contributed by atoms with E-state index in [0.717, 1.165) is 5.69 Å². The highest BCUT2D eigenvalue weighted by Gasteiger charge is 2.23. The maximum Gasteiger partial charge on any atom is 0.407 e. The predicted octanol–water partition coefficient (Wildman–Crippen LogP) is 0.534. The molecule has 0 aliphatic carbocycles. The third kappa shape index (κ3) is 1.39. The second kappa shape index (κ2) is 2.99. The van der Waals surface area contributed by atoms with Crippen molar-refractivity contribution in [3.05, 3.63) is 10.3 Å². The van der Waals surface area contributed by atoms with Gasteiger partial charge < -0.3 is 10.0 Å². The molecule has 0 bridgehead atoms. The van der Waals surface area contributed by atoms with Crippen LogP contribution < -0.4 is 0 Å². The van der Waals surface area contributed by atoms with Crippen LogP contribution in [-0.4, -0.2) is 37.6 Å². The van der Waals surface area contributed by atoms with E-state index in [4.69, 9.17) is 5.11 Å². The Kier molecular flexibility index (Phi) is 1.95. The third-order valence-electron chi connectivity index (χ3n) is 1.98. The zero-order valence-corrected chi connectivity index (χ0v) is 8.23. The molecule has 7 heteroatoms. The summed E-state index contributed by atoms with van der Waals surface area (Å²) in [5, 5.41) is 16.4. The van der Waals surface area contributed by atoms with Gasteiger partial charge in [-0.15, -0.1) is 5.10 Å². The molecule has 0 radical (unpaired) electrons. The van der Waals surface area contributed by atoms with E-state index in [1.54, 1.807) is 4.68 Å². The number of hydrogen-bond acceptors (Lipinski definition) is 3. The van der Waals surface area contributed by atoms with Crippen molar-refractivity contribution in [3.63, 3.8) is 0 Å². The van der Waals surface area contributed by atoms with Crippen LogP contribution in [0, 0.1) is 0 Å². The highest BCUT2D eigenvalue weighted by Crippen LogP contribution is 2.18. The Morgan fingerprint density at radius 3 is 3.00 bits per heavy atom. The minimum absolute atomic E-state index is 0.350. The molecule has 6 nitrogen and oxygen atoms in total. The second-order valence-corrected chi connectivity index (χ2v) is 3.51. The second-order valence-electron chi connectivity index (χ2n) is 2.75. The van der Waals surface area contributed by atoms with Gasteiger partial charge in [-0.25, -0.2) is 9.48 Å². The van der Waals surface area contributed by atoms with E-state index in [-0.39, 0.29) is 0 Å². The van der Waals surface area contributed by atoms with Gasteiger partial charge in [0.1, 0.15) is 0 Å². The standard InChI is InChI=1S/C6H7BrN4O2/c7-5-4-3-10(6(12)13)1-2-11(4)9-8-5/h1-3H2,(H,12,13). The molecule has 1 aromatic heterocycles. The van der Waals surface area contributed by atoms with Crippen LogP contribution in [0.5, 0.6) is 0 Å². The van der Waals surface area contributed by atoms with Gasteiger partial charge in [0.05, 0.1) is 18.8 Å². The number of nitrogens with zero attached hydrogens (tertiary/aromatic N) is 4. The van der Waals surface area contributed by atoms with E-state index >= 15 is 0 Å². The average Bonchev–Trinajstić information content (AvgIpc) is 2.47. The molecule has 2 rings (SSSR count). The third-order valence-corrected chi connectivity index (χ3v) is 2.60. The van der Waals surface area contributed by atoms with Gasteiger partial charge in [-0.05, 0) is 15.9 Å². The first-order valence-corrected chi connectivity index (χ1v) is 4.53. The Labute approximate surface area is 82.3 Å². The first-order valence-electron chi connectivity index (χ1n) is 3.74. The molecule has 1 aliphatic rings. The summed E-state index contributed by atoms with van der Waals surface area (Å²) in [4.78, 5) is 12.0. The Balaban J connectivity index is 2.27. The number of aromatic nitrogens is 3. The van der Waals surface area contributed by atoms with Gasteiger partial charge in [-0.3, -0.25) is 0 Å². The van der Waals surface area contributed by atoms with Gasteiger partial charge >= 0.3 is 6.09 Å². The molecule has 2 heterocycles. The summed E-state index contributed by atoms with van der Waals surface area (Å²) in [7, 11) is 0. The number of fused-ring (bicyclic) bond motifs is 1. The molecule has 0 unspecified atom stereocenters. The highest BCUT2D eigenvalue weighted by atomic mass is 79.9. The van der Waals surface area contributed by atoms with Crippen molar-refractivity contribution in [1.29, 1.82) is 0 Å². The average molecular weight is 247 g/mol. The van der Waals surface area contributed by atoms with Crippen LogP contribution in [0.15, 0.2) is 4.60 Å². The molecule has 0 aromatic carbocycles. The van der Waals surface area contributed by atoms with Crippen molar-refractivity contribution in [2.24, 2.45) is 0 Å². The quantitative estimate of drug-likeness (QED) is 0.726. The molecule has 1 aromatic rings. The number of carboxylic acid groups (broad SMARTS) is 1. The minimum Gasteiger partial charge on any atom is -0.465 e. The SMILES string of the molecule is O=C(O)N1CCn2nnc(Br)c2C1. The van der Waals surface area contributed by atoms with E-state index in [2.05, 4.69) is 26.2 Å². The summed E-state index contributed by atoms with van der Waals surface area (Å²) in [5.74, 6) is 0. The zero-order valence-electron chi connectivity index (χ0n) is 6.64. The Bertz CT molecular complexity index is 350. The molecule has 0 fully saturated rings. The molecular weight excluding hydrogens is 240 g/mol. The summed E-state index contributed by atoms with van der Waals surface area (Å²) in [6.45, 7) is 1.39. The lowest BCUT2D eigenvalue weighted by molar-refractivity contribution is 0.131. The molecule has 1 aliphatic heterocycles. The smallest absolute Gasteiger partial charge is 0.407 e. The molecule has 1 amide bonds. The summed E-state index contributed by atoms with van der Waals surface area (Å²) in [6.07, 6.45) is -0.903. The van der Waals surface area contributed by atoms with Gasteiger partial charge in [0.2, 0.25) is 0 Å². The van der Waals surface area contributed by atoms with Gasteiger partial charge in [0, 0.05) is 6.54 Å². The Morgan fingerprint density at radius 1 is 1.54 bits per heavy atom. The van der Waals surface area contributed by atoms with Gasteiger partial charge in [-0.1, -0.05) is 5.21 Å². The first-order chi connectivity index (χ1) is 6.18. The van der Waals surface area contributed by atoms with Gasteiger partial charge in [0.15, 0.2) is 4.60 Å². The van der Waals surface area contributed by atoms with Crippen molar-refractivity contribution in [2.45, 2.75) is 13.1 Å². The largest absolute Gasteiger partial charge is 0.465 e. The van der Waals surface area contributed by atoms with E-state index in [1.807, 2.05) is 0 Å². The van der Waals surface area contributed by atoms with E-state index in [1.165, 1.54) is 4.90 Å². The molecule has 1 N–H and O–H groups in total. The fourth-order valence-electron chi connectivity index (χ4n) is 1.28. The van der Waals surface area contributed by atoms with Crippen molar-refractivity contribution >= 4 is 22.0 Å². The number of halogens is 1. The number of hydrogen-bond donors (Lipinski definition) is 1. The lowest BCUT2D eigenvalue weighted by Gasteiger charge is -2.24. The lowest BCUT2D eigenvalue weighted by atomic mass is 10.3. The summed E-state index contributed by atoms with van der Waals surface area (Å²) < 4.78 is 2.34. The van der Waals surface area contributed by atoms with Gasteiger partial charge in [-0.2, -0.15) is 0 Å². The summed E-state index contributed by atoms with van der Waals surface area (Å²) in [5.41, 5.74) is 0.814. The normalized spacial score (nSPS) is 15.6. The van der Waals surface area contributed by atoms with Gasteiger partial charge in [0.25, 0.3) is 0 Å². The van der Waals surface area contributed by atoms with Crippen molar-refractivity contribution < 1.29 is 9.90 Å². The number of carbonyl (C=O) groups is 1. The molecule has 0 saturated carbocycles. The van der Waals surface area contributed by atoms with Crippen molar-refractivity contribution in [3.8, 4) is 0 Å². The summed E-state index contributed by atoms with van der Waals surface area (Å²) >= 11 is 3.21. The number of rotatable bonds is 0. The maximum absolute atomic E-state index is 10.7. The fraction of sp³-hybridized carbons (Fsp3) is 0.500. The Hall–Kier alpha value is -1.11. The van der Waals surface area contributed by atoms with Crippen LogP contribution in [0.25, 0.3) is 0 Å². The van der Waals surface area contributed by atoms with Crippen LogP contribution in [0.4, 0.5) is 4.79 Å².